The predicted octanol–water partition coefficient (Wildman–Crippen LogP) is 2.83. The molecule has 4 heterocycles. The Bertz CT molecular complexity index is 970. The topological polar surface area (TPSA) is 121 Å². The number of fused-ring (bicyclic) bond motifs is 2. The van der Waals surface area contributed by atoms with Crippen LogP contribution in [0, 0.1) is 16.7 Å². The Morgan fingerprint density at radius 2 is 2.26 bits per heavy atom. The number of rotatable bonds is 3. The second kappa shape index (κ2) is 6.30. The number of nitrogens with zero attached hydrogens (tertiary/aromatic N) is 3. The van der Waals surface area contributed by atoms with Gasteiger partial charge >= 0.3 is 7.82 Å². The van der Waals surface area contributed by atoms with Crippen LogP contribution in [0.2, 0.25) is 0 Å². The third-order valence-electron chi connectivity index (χ3n) is 4.89. The molecule has 0 aromatic carbocycles. The Kier molecular flexibility index (Phi) is 4.29. The average molecular weight is 392 g/mol. The fraction of sp³-hybridized carbons (Fsp3) is 0.529. The molecule has 2 saturated heterocycles. The second-order valence-corrected chi connectivity index (χ2v) is 8.79. The molecule has 144 valence electrons. The summed E-state index contributed by atoms with van der Waals surface area (Å²) in [6.07, 6.45) is -0.743. The summed E-state index contributed by atoms with van der Waals surface area (Å²) in [6.45, 7) is 5.21. The van der Waals surface area contributed by atoms with Crippen molar-refractivity contribution in [3.8, 4) is 6.07 Å². The lowest BCUT2D eigenvalue weighted by Gasteiger charge is -2.34. The van der Waals surface area contributed by atoms with E-state index in [4.69, 9.17) is 24.0 Å². The molecule has 9 nitrogen and oxygen atoms in total. The number of anilines is 1. The highest BCUT2D eigenvalue weighted by Crippen LogP contribution is 2.62. The van der Waals surface area contributed by atoms with Crippen LogP contribution in [0.5, 0.6) is 0 Å². The molecule has 27 heavy (non-hydrogen) atoms. The second-order valence-electron chi connectivity index (χ2n) is 7.21. The largest absolute Gasteiger partial charge is 0.475 e. The highest BCUT2D eigenvalue weighted by Gasteiger charge is 2.61. The molecule has 2 aliphatic heterocycles. The molecule has 0 aliphatic carbocycles. The molecule has 5 atom stereocenters. The molecular formula is C17H21N4O5P. The fourth-order valence-corrected chi connectivity index (χ4v) is 5.28. The van der Waals surface area contributed by atoms with Crippen molar-refractivity contribution in [3.05, 3.63) is 30.1 Å². The summed E-state index contributed by atoms with van der Waals surface area (Å²) < 4.78 is 36.9. The first-order chi connectivity index (χ1) is 12.8. The first kappa shape index (κ1) is 18.4. The molecule has 10 heteroatoms. The minimum atomic E-state index is -3.77. The van der Waals surface area contributed by atoms with Gasteiger partial charge in [0.2, 0.25) is 0 Å². The summed E-state index contributed by atoms with van der Waals surface area (Å²) >= 11 is 0. The van der Waals surface area contributed by atoms with Gasteiger partial charge in [0, 0.05) is 6.20 Å². The number of hydrogen-bond donors (Lipinski definition) is 1. The number of nitriles is 1. The number of hydrogen-bond acceptors (Lipinski definition) is 8. The van der Waals surface area contributed by atoms with E-state index in [1.165, 1.54) is 0 Å². The molecule has 2 aliphatic rings. The summed E-state index contributed by atoms with van der Waals surface area (Å²) in [5.41, 5.74) is 6.84. The maximum absolute atomic E-state index is 12.8. The lowest BCUT2D eigenvalue weighted by molar-refractivity contribution is -0.0640. The Morgan fingerprint density at radius 1 is 1.48 bits per heavy atom. The number of aromatic nitrogens is 2. The van der Waals surface area contributed by atoms with Gasteiger partial charge in [-0.15, -0.1) is 0 Å². The first-order valence-corrected chi connectivity index (χ1v) is 10.1. The van der Waals surface area contributed by atoms with Gasteiger partial charge in [0.05, 0.1) is 35.7 Å². The molecule has 0 unspecified atom stereocenters. The lowest BCUT2D eigenvalue weighted by Crippen LogP contribution is -2.42. The molecule has 2 fully saturated rings. The third-order valence-corrected chi connectivity index (χ3v) is 6.52. The Hall–Kier alpha value is -1.95. The van der Waals surface area contributed by atoms with E-state index in [9.17, 15) is 9.83 Å². The number of phosphoric acid groups is 1. The Balaban J connectivity index is 1.73. The van der Waals surface area contributed by atoms with Crippen LogP contribution >= 0.6 is 7.82 Å². The summed E-state index contributed by atoms with van der Waals surface area (Å²) in [5.74, 6) is 0. The minimum Gasteiger partial charge on any atom is -0.397 e. The van der Waals surface area contributed by atoms with Crippen LogP contribution in [-0.4, -0.2) is 34.5 Å². The molecule has 0 radical (unpaired) electrons. The molecule has 0 spiro atoms. The van der Waals surface area contributed by atoms with Crippen molar-refractivity contribution in [2.45, 2.75) is 45.2 Å². The van der Waals surface area contributed by atoms with Crippen LogP contribution in [-0.2, 0) is 22.9 Å². The van der Waals surface area contributed by atoms with Crippen molar-refractivity contribution in [2.75, 3.05) is 12.3 Å². The van der Waals surface area contributed by atoms with E-state index in [-0.39, 0.29) is 12.7 Å². The quantitative estimate of drug-likeness (QED) is 0.792. The average Bonchev–Trinajstić information content (AvgIpc) is 3.15. The highest BCUT2D eigenvalue weighted by atomic mass is 31.2. The number of ether oxygens (including phenoxy) is 1. The standard InChI is InChI=1S/C17H21N4O5P/c1-10(2)25-27(22)23-8-14-16(26-27)17(3,9-18)15(24-14)13-5-4-12-11(19)6-7-20-21(12)13/h4-7,10,14-16H,8,19H2,1-3H3/t14-,15+,16-,17+,27+/m1/s1. The lowest BCUT2D eigenvalue weighted by atomic mass is 9.79. The van der Waals surface area contributed by atoms with E-state index in [1.807, 2.05) is 12.1 Å². The summed E-state index contributed by atoms with van der Waals surface area (Å²) in [4.78, 5) is 0. The van der Waals surface area contributed by atoms with Gasteiger partial charge in [-0.1, -0.05) is 0 Å². The molecular weight excluding hydrogens is 371 g/mol. The fourth-order valence-electron chi connectivity index (χ4n) is 3.63. The third kappa shape index (κ3) is 2.85. The van der Waals surface area contributed by atoms with E-state index in [2.05, 4.69) is 11.2 Å². The van der Waals surface area contributed by atoms with Crippen LogP contribution in [0.4, 0.5) is 5.69 Å². The van der Waals surface area contributed by atoms with Crippen molar-refractivity contribution in [2.24, 2.45) is 5.41 Å². The summed E-state index contributed by atoms with van der Waals surface area (Å²) in [7, 11) is -3.77. The van der Waals surface area contributed by atoms with Crippen LogP contribution in [0.15, 0.2) is 24.4 Å². The van der Waals surface area contributed by atoms with Crippen molar-refractivity contribution < 1.29 is 22.9 Å². The van der Waals surface area contributed by atoms with E-state index < -0.39 is 31.5 Å². The summed E-state index contributed by atoms with van der Waals surface area (Å²) in [6, 6.07) is 7.64. The van der Waals surface area contributed by atoms with Crippen LogP contribution in [0.25, 0.3) is 5.52 Å². The van der Waals surface area contributed by atoms with Gasteiger partial charge in [0.1, 0.15) is 23.7 Å². The van der Waals surface area contributed by atoms with E-state index >= 15 is 0 Å². The van der Waals surface area contributed by atoms with E-state index in [0.717, 1.165) is 5.52 Å². The zero-order chi connectivity index (χ0) is 19.4. The van der Waals surface area contributed by atoms with Gasteiger partial charge in [-0.05, 0) is 39.0 Å². The molecule has 2 aromatic heterocycles. The Labute approximate surface area is 156 Å². The molecule has 0 saturated carbocycles. The van der Waals surface area contributed by atoms with Crippen LogP contribution in [0.1, 0.15) is 32.6 Å². The maximum atomic E-state index is 12.8. The van der Waals surface area contributed by atoms with E-state index in [1.54, 1.807) is 37.5 Å². The van der Waals surface area contributed by atoms with Crippen LogP contribution < -0.4 is 5.73 Å². The molecule has 2 N–H and O–H groups in total. The van der Waals surface area contributed by atoms with Gasteiger partial charge in [-0.2, -0.15) is 10.4 Å². The first-order valence-electron chi connectivity index (χ1n) is 8.67. The van der Waals surface area contributed by atoms with Crippen molar-refractivity contribution in [1.29, 1.82) is 5.26 Å². The SMILES string of the molecule is CC(C)O[P@]1(=O)OC[C@H]2O[C@@H](c3ccc4c(N)ccnn34)[C@](C)(C#N)[C@@H]2O1. The Morgan fingerprint density at radius 3 is 2.96 bits per heavy atom. The van der Waals surface area contributed by atoms with Crippen molar-refractivity contribution in [3.63, 3.8) is 0 Å². The molecule has 0 bridgehead atoms. The molecule has 2 aromatic rings. The van der Waals surface area contributed by atoms with Crippen molar-refractivity contribution in [1.82, 2.24) is 9.61 Å². The smallest absolute Gasteiger partial charge is 0.397 e. The predicted molar refractivity (Wildman–Crippen MR) is 95.6 cm³/mol. The number of phosphoric ester groups is 1. The monoisotopic (exact) mass is 392 g/mol. The summed E-state index contributed by atoms with van der Waals surface area (Å²) in [5, 5.41) is 14.3. The maximum Gasteiger partial charge on any atom is 0.475 e. The van der Waals surface area contributed by atoms with Gasteiger partial charge in [0.25, 0.3) is 0 Å². The van der Waals surface area contributed by atoms with Gasteiger partial charge in [-0.25, -0.2) is 9.08 Å². The zero-order valence-electron chi connectivity index (χ0n) is 15.2. The highest BCUT2D eigenvalue weighted by molar-refractivity contribution is 7.48. The van der Waals surface area contributed by atoms with Crippen molar-refractivity contribution >= 4 is 19.0 Å². The van der Waals surface area contributed by atoms with Gasteiger partial charge in [0.15, 0.2) is 0 Å². The molecule has 0 amide bonds. The molecule has 4 rings (SSSR count). The number of nitrogens with two attached hydrogens (primary N) is 1. The van der Waals surface area contributed by atoms with Crippen LogP contribution in [0.3, 0.4) is 0 Å². The normalized spacial score (nSPS) is 36.0. The minimum absolute atomic E-state index is 0.0152. The number of nitrogen functional groups attached to an aromatic ring is 1. The van der Waals surface area contributed by atoms with Gasteiger partial charge < -0.3 is 10.5 Å². The van der Waals surface area contributed by atoms with E-state index in [0.29, 0.717) is 11.4 Å². The van der Waals surface area contributed by atoms with Gasteiger partial charge in [-0.3, -0.25) is 13.6 Å². The zero-order valence-corrected chi connectivity index (χ0v) is 16.1.